The number of rotatable bonds is 12. The highest BCUT2D eigenvalue weighted by Gasteiger charge is 2.20. The molecule has 0 saturated heterocycles. The van der Waals surface area contributed by atoms with Crippen LogP contribution in [-0.2, 0) is 16.8 Å². The van der Waals surface area contributed by atoms with Crippen molar-refractivity contribution < 1.29 is 4.79 Å². The Labute approximate surface area is 174 Å². The van der Waals surface area contributed by atoms with Crippen LogP contribution in [-0.4, -0.2) is 41.4 Å². The molecule has 160 valence electrons. The van der Waals surface area contributed by atoms with Crippen molar-refractivity contribution in [1.29, 1.82) is 0 Å². The van der Waals surface area contributed by atoms with E-state index in [1.165, 1.54) is 11.1 Å². The van der Waals surface area contributed by atoms with Crippen molar-refractivity contribution in [2.75, 3.05) is 19.6 Å². The van der Waals surface area contributed by atoms with Crippen molar-refractivity contribution in [1.82, 2.24) is 9.80 Å². The van der Waals surface area contributed by atoms with Gasteiger partial charge in [0.1, 0.15) is 0 Å². The molecule has 0 spiro atoms. The van der Waals surface area contributed by atoms with Crippen molar-refractivity contribution in [3.8, 4) is 0 Å². The van der Waals surface area contributed by atoms with Gasteiger partial charge in [0, 0.05) is 19.0 Å². The fraction of sp³-hybridized carbons (Fsp3) is 0.720. The van der Waals surface area contributed by atoms with E-state index in [9.17, 15) is 4.79 Å². The molecule has 1 aromatic rings. The van der Waals surface area contributed by atoms with Gasteiger partial charge >= 0.3 is 0 Å². The first kappa shape index (κ1) is 24.7. The topological polar surface area (TPSA) is 23.6 Å². The summed E-state index contributed by atoms with van der Waals surface area (Å²) in [6.45, 7) is 19.6. The number of carbonyl (C=O) groups is 1. The largest absolute Gasteiger partial charge is 0.336 e. The van der Waals surface area contributed by atoms with Gasteiger partial charge in [-0.1, -0.05) is 72.2 Å². The lowest BCUT2D eigenvalue weighted by atomic mass is 9.86. The van der Waals surface area contributed by atoms with Gasteiger partial charge < -0.3 is 9.80 Å². The summed E-state index contributed by atoms with van der Waals surface area (Å²) >= 11 is 0. The lowest BCUT2D eigenvalue weighted by Crippen LogP contribution is -2.38. The van der Waals surface area contributed by atoms with E-state index in [4.69, 9.17) is 0 Å². The molecule has 0 N–H and O–H groups in total. The summed E-state index contributed by atoms with van der Waals surface area (Å²) in [5.41, 5.74) is 2.73. The zero-order valence-corrected chi connectivity index (χ0v) is 19.6. The minimum atomic E-state index is 0.160. The summed E-state index contributed by atoms with van der Waals surface area (Å²) in [4.78, 5) is 17.5. The zero-order chi connectivity index (χ0) is 21.2. The summed E-state index contributed by atoms with van der Waals surface area (Å²) in [7, 11) is 0. The average Bonchev–Trinajstić information content (AvgIpc) is 2.67. The minimum absolute atomic E-state index is 0.160. The van der Waals surface area contributed by atoms with Crippen LogP contribution in [0, 0.1) is 0 Å². The van der Waals surface area contributed by atoms with Gasteiger partial charge in [-0.15, -0.1) is 0 Å². The molecule has 3 nitrogen and oxygen atoms in total. The molecular weight excluding hydrogens is 344 g/mol. The predicted octanol–water partition coefficient (Wildman–Crippen LogP) is 6.01. The van der Waals surface area contributed by atoms with Crippen LogP contribution < -0.4 is 0 Å². The number of benzene rings is 1. The van der Waals surface area contributed by atoms with Crippen LogP contribution >= 0.6 is 0 Å². The molecule has 0 radical (unpaired) electrons. The van der Waals surface area contributed by atoms with E-state index in [0.717, 1.165) is 51.9 Å². The summed E-state index contributed by atoms with van der Waals surface area (Å²) in [6, 6.07) is 9.11. The first-order chi connectivity index (χ1) is 13.2. The van der Waals surface area contributed by atoms with Crippen LogP contribution in [0.5, 0.6) is 0 Å². The molecule has 1 rings (SSSR count). The fourth-order valence-corrected chi connectivity index (χ4v) is 3.57. The van der Waals surface area contributed by atoms with Gasteiger partial charge in [0.25, 0.3) is 0 Å². The van der Waals surface area contributed by atoms with Crippen LogP contribution in [0.15, 0.2) is 24.3 Å². The molecule has 1 unspecified atom stereocenters. The number of carbonyl (C=O) groups excluding carboxylic acids is 1. The Morgan fingerprint density at radius 1 is 1.00 bits per heavy atom. The van der Waals surface area contributed by atoms with Gasteiger partial charge in [-0.2, -0.15) is 0 Å². The van der Waals surface area contributed by atoms with Crippen LogP contribution in [0.1, 0.15) is 91.7 Å². The monoisotopic (exact) mass is 388 g/mol. The summed E-state index contributed by atoms with van der Waals surface area (Å²) < 4.78 is 0. The van der Waals surface area contributed by atoms with Gasteiger partial charge in [0.15, 0.2) is 0 Å². The molecule has 1 atom stereocenters. The molecule has 0 aliphatic carbocycles. The number of hydrogen-bond acceptors (Lipinski definition) is 2. The highest BCUT2D eigenvalue weighted by atomic mass is 16.2. The van der Waals surface area contributed by atoms with Crippen LogP contribution in [0.4, 0.5) is 0 Å². The molecule has 0 aliphatic heterocycles. The Hall–Kier alpha value is -1.35. The normalized spacial score (nSPS) is 13.0. The van der Waals surface area contributed by atoms with Gasteiger partial charge in [-0.05, 0) is 62.4 Å². The maximum atomic E-state index is 12.9. The third-order valence-electron chi connectivity index (χ3n) is 5.76. The SMILES string of the molecule is CCCCC(=O)N(Cc1ccc(C(C)(C)C)cc1)C(C)CCCN(CC)CC. The quantitative estimate of drug-likeness (QED) is 0.437. The molecule has 0 aromatic heterocycles. The van der Waals surface area contributed by atoms with Gasteiger partial charge in [-0.3, -0.25) is 4.79 Å². The molecule has 28 heavy (non-hydrogen) atoms. The molecule has 1 amide bonds. The van der Waals surface area contributed by atoms with Crippen molar-refractivity contribution in [2.24, 2.45) is 0 Å². The minimum Gasteiger partial charge on any atom is -0.336 e. The van der Waals surface area contributed by atoms with Crippen molar-refractivity contribution >= 4 is 5.91 Å². The highest BCUT2D eigenvalue weighted by Crippen LogP contribution is 2.23. The highest BCUT2D eigenvalue weighted by molar-refractivity contribution is 5.76. The molecule has 0 saturated carbocycles. The Kier molecular flexibility index (Phi) is 10.8. The molecule has 3 heteroatoms. The first-order valence-electron chi connectivity index (χ1n) is 11.3. The van der Waals surface area contributed by atoms with Gasteiger partial charge in [-0.25, -0.2) is 0 Å². The van der Waals surface area contributed by atoms with Gasteiger partial charge in [0.2, 0.25) is 5.91 Å². The average molecular weight is 389 g/mol. The second-order valence-electron chi connectivity index (χ2n) is 9.09. The maximum absolute atomic E-state index is 12.9. The summed E-state index contributed by atoms with van der Waals surface area (Å²) in [6.07, 6.45) is 4.91. The van der Waals surface area contributed by atoms with E-state index in [1.54, 1.807) is 0 Å². The molecule has 0 aliphatic rings. The van der Waals surface area contributed by atoms with Gasteiger partial charge in [0.05, 0.1) is 0 Å². The number of hydrogen-bond donors (Lipinski definition) is 0. The lowest BCUT2D eigenvalue weighted by molar-refractivity contribution is -0.134. The molecule has 0 fully saturated rings. The third-order valence-corrected chi connectivity index (χ3v) is 5.76. The zero-order valence-electron chi connectivity index (χ0n) is 19.6. The predicted molar refractivity (Wildman–Crippen MR) is 122 cm³/mol. The van der Waals surface area contributed by atoms with E-state index in [0.29, 0.717) is 12.3 Å². The van der Waals surface area contributed by atoms with E-state index >= 15 is 0 Å². The van der Waals surface area contributed by atoms with Crippen LogP contribution in [0.2, 0.25) is 0 Å². The van der Waals surface area contributed by atoms with E-state index < -0.39 is 0 Å². The fourth-order valence-electron chi connectivity index (χ4n) is 3.57. The third kappa shape index (κ3) is 8.34. The first-order valence-corrected chi connectivity index (χ1v) is 11.3. The molecule has 0 bridgehead atoms. The maximum Gasteiger partial charge on any atom is 0.223 e. The van der Waals surface area contributed by atoms with Crippen LogP contribution in [0.25, 0.3) is 0 Å². The second kappa shape index (κ2) is 12.3. The van der Waals surface area contributed by atoms with Crippen molar-refractivity contribution in [3.05, 3.63) is 35.4 Å². The van der Waals surface area contributed by atoms with E-state index in [-0.39, 0.29) is 11.5 Å². The van der Waals surface area contributed by atoms with Crippen LogP contribution in [0.3, 0.4) is 0 Å². The molecule has 0 heterocycles. The Morgan fingerprint density at radius 2 is 1.61 bits per heavy atom. The Bertz CT molecular complexity index is 555. The smallest absolute Gasteiger partial charge is 0.223 e. The summed E-state index contributed by atoms with van der Waals surface area (Å²) in [5, 5.41) is 0. The number of amides is 1. The molecular formula is C25H44N2O. The van der Waals surface area contributed by atoms with E-state index in [1.807, 2.05) is 0 Å². The summed E-state index contributed by atoms with van der Waals surface area (Å²) in [5.74, 6) is 0.303. The lowest BCUT2D eigenvalue weighted by Gasteiger charge is -2.31. The Morgan fingerprint density at radius 3 is 2.11 bits per heavy atom. The standard InChI is InChI=1S/C25H44N2O/c1-8-11-14-24(28)27(21(4)13-12-19-26(9-2)10-3)20-22-15-17-23(18-16-22)25(5,6)7/h15-18,21H,8-14,19-20H2,1-7H3. The number of nitrogens with zero attached hydrogens (tertiary/aromatic N) is 2. The van der Waals surface area contributed by atoms with Crippen molar-refractivity contribution in [3.63, 3.8) is 0 Å². The molecule has 1 aromatic carbocycles. The second-order valence-corrected chi connectivity index (χ2v) is 9.09. The Balaban J connectivity index is 2.79. The van der Waals surface area contributed by atoms with Crippen molar-refractivity contribution in [2.45, 2.75) is 98.6 Å². The van der Waals surface area contributed by atoms with E-state index in [2.05, 4.69) is 82.5 Å². The number of unbranched alkanes of at least 4 members (excludes halogenated alkanes) is 1.